The molecule has 1 unspecified atom stereocenters. The lowest BCUT2D eigenvalue weighted by Gasteiger charge is -2.23. The van der Waals surface area contributed by atoms with Gasteiger partial charge in [-0.1, -0.05) is 42.5 Å². The van der Waals surface area contributed by atoms with Gasteiger partial charge in [-0.2, -0.15) is 0 Å². The van der Waals surface area contributed by atoms with Crippen LogP contribution in [0.3, 0.4) is 0 Å². The van der Waals surface area contributed by atoms with E-state index in [4.69, 9.17) is 0 Å². The number of carbonyl (C=O) groups is 1. The highest BCUT2D eigenvalue weighted by atomic mass is 16.4. The highest BCUT2D eigenvalue weighted by Crippen LogP contribution is 2.17. The number of hydrogen-bond acceptors (Lipinski definition) is 2. The smallest absolute Gasteiger partial charge is 0.312 e. The summed E-state index contributed by atoms with van der Waals surface area (Å²) >= 11 is 0. The molecule has 1 aromatic rings. The number of carboxylic acid groups (broad SMARTS) is 1. The summed E-state index contributed by atoms with van der Waals surface area (Å²) in [6.45, 7) is 9.13. The van der Waals surface area contributed by atoms with Crippen molar-refractivity contribution in [3.8, 4) is 0 Å². The number of aliphatic carboxylic acids is 1. The monoisotopic (exact) mass is 245 g/mol. The molecule has 1 atom stereocenters. The van der Waals surface area contributed by atoms with Crippen molar-refractivity contribution in [1.29, 1.82) is 0 Å². The van der Waals surface area contributed by atoms with Gasteiger partial charge in [-0.3, -0.25) is 9.69 Å². The summed E-state index contributed by atoms with van der Waals surface area (Å²) in [7, 11) is 0. The van der Waals surface area contributed by atoms with Crippen molar-refractivity contribution in [3.05, 3.63) is 61.2 Å². The normalized spacial score (nSPS) is 12.1. The van der Waals surface area contributed by atoms with E-state index in [9.17, 15) is 9.90 Å². The van der Waals surface area contributed by atoms with Crippen molar-refractivity contribution in [1.82, 2.24) is 4.90 Å². The van der Waals surface area contributed by atoms with Gasteiger partial charge in [0.25, 0.3) is 0 Å². The Morgan fingerprint density at radius 3 is 2.22 bits per heavy atom. The molecule has 0 saturated carbocycles. The molecule has 1 aromatic carbocycles. The van der Waals surface area contributed by atoms with Gasteiger partial charge in [-0.15, -0.1) is 13.2 Å². The van der Waals surface area contributed by atoms with E-state index in [-0.39, 0.29) is 0 Å². The summed E-state index contributed by atoms with van der Waals surface area (Å²) in [5.41, 5.74) is 0.822. The average Bonchev–Trinajstić information content (AvgIpc) is 2.37. The molecule has 0 aliphatic rings. The molecule has 0 aliphatic heterocycles. The molecule has 3 heteroatoms. The van der Waals surface area contributed by atoms with Crippen molar-refractivity contribution in [2.75, 3.05) is 19.6 Å². The van der Waals surface area contributed by atoms with Crippen LogP contribution in [-0.2, 0) is 4.79 Å². The summed E-state index contributed by atoms with van der Waals surface area (Å²) in [4.78, 5) is 13.4. The van der Waals surface area contributed by atoms with Gasteiger partial charge in [-0.05, 0) is 5.56 Å². The van der Waals surface area contributed by atoms with Crippen LogP contribution < -0.4 is 0 Å². The topological polar surface area (TPSA) is 40.5 Å². The van der Waals surface area contributed by atoms with Crippen LogP contribution in [0.4, 0.5) is 0 Å². The second-order valence-electron chi connectivity index (χ2n) is 4.10. The maximum Gasteiger partial charge on any atom is 0.312 e. The van der Waals surface area contributed by atoms with Gasteiger partial charge in [0.05, 0.1) is 5.92 Å². The van der Waals surface area contributed by atoms with E-state index in [1.807, 2.05) is 35.2 Å². The predicted octanol–water partition coefficient (Wildman–Crippen LogP) is 2.53. The van der Waals surface area contributed by atoms with Crippen LogP contribution in [0, 0.1) is 0 Å². The molecular formula is C15H19NO2. The van der Waals surface area contributed by atoms with Crippen molar-refractivity contribution >= 4 is 5.97 Å². The lowest BCUT2D eigenvalue weighted by atomic mass is 9.98. The fraction of sp³-hybridized carbons (Fsp3) is 0.267. The highest BCUT2D eigenvalue weighted by molar-refractivity contribution is 5.76. The van der Waals surface area contributed by atoms with Crippen LogP contribution in [0.5, 0.6) is 0 Å². The van der Waals surface area contributed by atoms with E-state index < -0.39 is 11.9 Å². The Labute approximate surface area is 108 Å². The van der Waals surface area contributed by atoms with Gasteiger partial charge in [0.2, 0.25) is 0 Å². The zero-order chi connectivity index (χ0) is 13.4. The SMILES string of the molecule is C=CCN(CC=C)CC(C(=O)O)c1ccccc1. The van der Waals surface area contributed by atoms with Gasteiger partial charge in [0.1, 0.15) is 0 Å². The largest absolute Gasteiger partial charge is 0.481 e. The number of carboxylic acids is 1. The molecule has 0 amide bonds. The van der Waals surface area contributed by atoms with Crippen LogP contribution in [0.15, 0.2) is 55.6 Å². The minimum Gasteiger partial charge on any atom is -0.481 e. The van der Waals surface area contributed by atoms with Gasteiger partial charge < -0.3 is 5.11 Å². The number of benzene rings is 1. The third kappa shape index (κ3) is 4.18. The molecule has 0 aliphatic carbocycles. The van der Waals surface area contributed by atoms with E-state index >= 15 is 0 Å². The molecule has 1 rings (SSSR count). The number of rotatable bonds is 8. The molecule has 0 aromatic heterocycles. The van der Waals surface area contributed by atoms with Gasteiger partial charge in [0.15, 0.2) is 0 Å². The standard InChI is InChI=1S/C15H19NO2/c1-3-10-16(11-4-2)12-14(15(17)18)13-8-6-5-7-9-13/h3-9,14H,1-2,10-12H2,(H,17,18). The highest BCUT2D eigenvalue weighted by Gasteiger charge is 2.21. The number of hydrogen-bond donors (Lipinski definition) is 1. The van der Waals surface area contributed by atoms with Crippen molar-refractivity contribution in [2.45, 2.75) is 5.92 Å². The van der Waals surface area contributed by atoms with E-state index in [2.05, 4.69) is 13.2 Å². The lowest BCUT2D eigenvalue weighted by molar-refractivity contribution is -0.139. The van der Waals surface area contributed by atoms with Crippen LogP contribution in [0.25, 0.3) is 0 Å². The average molecular weight is 245 g/mol. The van der Waals surface area contributed by atoms with Gasteiger partial charge in [0, 0.05) is 19.6 Å². The lowest BCUT2D eigenvalue weighted by Crippen LogP contribution is -2.32. The molecule has 0 radical (unpaired) electrons. The molecule has 0 spiro atoms. The van der Waals surface area contributed by atoms with Crippen LogP contribution in [-0.4, -0.2) is 35.6 Å². The Hall–Kier alpha value is -1.87. The molecule has 0 heterocycles. The van der Waals surface area contributed by atoms with Gasteiger partial charge >= 0.3 is 5.97 Å². The summed E-state index contributed by atoms with van der Waals surface area (Å²) in [6, 6.07) is 9.29. The zero-order valence-electron chi connectivity index (χ0n) is 10.5. The molecule has 0 saturated heterocycles. The predicted molar refractivity (Wildman–Crippen MR) is 73.7 cm³/mol. The molecular weight excluding hydrogens is 226 g/mol. The molecule has 0 bridgehead atoms. The van der Waals surface area contributed by atoms with Crippen molar-refractivity contribution < 1.29 is 9.90 Å². The van der Waals surface area contributed by atoms with E-state index in [1.54, 1.807) is 12.2 Å². The van der Waals surface area contributed by atoms with Crippen molar-refractivity contribution in [3.63, 3.8) is 0 Å². The van der Waals surface area contributed by atoms with Crippen LogP contribution >= 0.6 is 0 Å². The van der Waals surface area contributed by atoms with E-state index in [0.717, 1.165) is 5.56 Å². The van der Waals surface area contributed by atoms with Crippen LogP contribution in [0.1, 0.15) is 11.5 Å². The Kier molecular flexibility index (Phi) is 5.88. The molecule has 0 fully saturated rings. The third-order valence-electron chi connectivity index (χ3n) is 2.72. The first-order valence-corrected chi connectivity index (χ1v) is 5.91. The summed E-state index contributed by atoms with van der Waals surface area (Å²) < 4.78 is 0. The van der Waals surface area contributed by atoms with Crippen LogP contribution in [0.2, 0.25) is 0 Å². The zero-order valence-corrected chi connectivity index (χ0v) is 10.5. The minimum absolute atomic E-state index is 0.456. The van der Waals surface area contributed by atoms with Gasteiger partial charge in [-0.25, -0.2) is 0 Å². The first kappa shape index (κ1) is 14.2. The van der Waals surface area contributed by atoms with Crippen molar-refractivity contribution in [2.24, 2.45) is 0 Å². The maximum absolute atomic E-state index is 11.4. The first-order chi connectivity index (χ1) is 8.69. The Morgan fingerprint density at radius 2 is 1.78 bits per heavy atom. The third-order valence-corrected chi connectivity index (χ3v) is 2.72. The van der Waals surface area contributed by atoms with E-state index in [1.165, 1.54) is 0 Å². The minimum atomic E-state index is -0.806. The first-order valence-electron chi connectivity index (χ1n) is 5.91. The molecule has 1 N–H and O–H groups in total. The fourth-order valence-electron chi connectivity index (χ4n) is 1.86. The Morgan fingerprint density at radius 1 is 1.22 bits per heavy atom. The molecule has 96 valence electrons. The maximum atomic E-state index is 11.4. The second-order valence-corrected chi connectivity index (χ2v) is 4.10. The summed E-state index contributed by atoms with van der Waals surface area (Å²) in [5.74, 6) is -1.33. The van der Waals surface area contributed by atoms with E-state index in [0.29, 0.717) is 19.6 Å². The second kappa shape index (κ2) is 7.45. The molecule has 3 nitrogen and oxygen atoms in total. The Balaban J connectivity index is 2.82. The summed E-state index contributed by atoms with van der Waals surface area (Å²) in [6.07, 6.45) is 3.54. The quantitative estimate of drug-likeness (QED) is 0.715. The fourth-order valence-corrected chi connectivity index (χ4v) is 1.86. The Bertz CT molecular complexity index is 390. The summed E-state index contributed by atoms with van der Waals surface area (Å²) in [5, 5.41) is 9.33. The number of nitrogens with zero attached hydrogens (tertiary/aromatic N) is 1. The molecule has 18 heavy (non-hydrogen) atoms.